The maximum absolute atomic E-state index is 12.1. The number of aryl methyl sites for hydroxylation is 1. The number of nitrogens with one attached hydrogen (secondary N) is 2. The lowest BCUT2D eigenvalue weighted by Crippen LogP contribution is -2.39. The highest BCUT2D eigenvalue weighted by atomic mass is 19.1. The molecule has 0 saturated carbocycles. The number of rotatable bonds is 15. The van der Waals surface area contributed by atoms with Crippen LogP contribution in [0.2, 0.25) is 0 Å². The number of carbonyl (C=O) groups excluding carboxylic acids is 2. The fourth-order valence-corrected chi connectivity index (χ4v) is 2.71. The molecule has 1 aromatic rings. The van der Waals surface area contributed by atoms with Crippen LogP contribution in [0.1, 0.15) is 44.6 Å². The summed E-state index contributed by atoms with van der Waals surface area (Å²) in [4.78, 5) is 52.8. The molecule has 0 radical (unpaired) electrons. The average Bonchev–Trinajstić information content (AvgIpc) is 2.82. The van der Waals surface area contributed by atoms with Crippen molar-refractivity contribution in [3.05, 3.63) is 41.7 Å². The molecule has 2 amide bonds. The molecule has 1 unspecified atom stereocenters. The predicted octanol–water partition coefficient (Wildman–Crippen LogP) is 0.490. The lowest BCUT2D eigenvalue weighted by atomic mass is 10.1. The number of nitrogens with two attached hydrogens (primary N) is 2. The Bertz CT molecular complexity index is 940. The van der Waals surface area contributed by atoms with Crippen LogP contribution in [0.25, 0.3) is 0 Å². The number of amides is 2. The van der Waals surface area contributed by atoms with E-state index in [0.717, 1.165) is 5.56 Å². The van der Waals surface area contributed by atoms with Crippen LogP contribution in [0.3, 0.4) is 0 Å². The Morgan fingerprint density at radius 1 is 1.03 bits per heavy atom. The molecule has 0 spiro atoms. The van der Waals surface area contributed by atoms with Crippen LogP contribution in [0.4, 0.5) is 10.1 Å². The van der Waals surface area contributed by atoms with Gasteiger partial charge in [0, 0.05) is 31.7 Å². The van der Waals surface area contributed by atoms with Crippen LogP contribution in [0.15, 0.2) is 36.2 Å². The van der Waals surface area contributed by atoms with E-state index < -0.39 is 36.5 Å². The molecule has 0 aromatic heterocycles. The molecule has 0 aliphatic carbocycles. The third kappa shape index (κ3) is 17.0. The second-order valence-corrected chi connectivity index (χ2v) is 7.76. The third-order valence-electron chi connectivity index (χ3n) is 4.54. The van der Waals surface area contributed by atoms with Crippen molar-refractivity contribution in [1.29, 1.82) is 0 Å². The van der Waals surface area contributed by atoms with Gasteiger partial charge in [0.15, 0.2) is 0 Å². The summed E-state index contributed by atoms with van der Waals surface area (Å²) in [5.74, 6) is 1.68. The Labute approximate surface area is 213 Å². The van der Waals surface area contributed by atoms with Gasteiger partial charge < -0.3 is 31.7 Å². The second kappa shape index (κ2) is 18.1. The summed E-state index contributed by atoms with van der Waals surface area (Å²) in [6.45, 7) is 0.376. The van der Waals surface area contributed by atoms with E-state index in [1.54, 1.807) is 18.3 Å². The molecule has 206 valence electrons. The van der Waals surface area contributed by atoms with E-state index in [9.17, 15) is 28.4 Å². The molecule has 37 heavy (non-hydrogen) atoms. The minimum atomic E-state index is -1.23. The van der Waals surface area contributed by atoms with Gasteiger partial charge in [0.05, 0.1) is 12.4 Å². The molecule has 1 aromatic carbocycles. The molecule has 1 rings (SSSR count). The van der Waals surface area contributed by atoms with Crippen LogP contribution in [0.5, 0.6) is 0 Å². The molecule has 0 bridgehead atoms. The topological polar surface area (TPSA) is 225 Å². The lowest BCUT2D eigenvalue weighted by Gasteiger charge is -2.15. The first-order chi connectivity index (χ1) is 17.3. The van der Waals surface area contributed by atoms with Crippen LogP contribution in [-0.2, 0) is 30.4 Å². The van der Waals surface area contributed by atoms with Gasteiger partial charge in [-0.3, -0.25) is 28.6 Å². The van der Waals surface area contributed by atoms with Crippen molar-refractivity contribution in [1.82, 2.24) is 10.6 Å². The van der Waals surface area contributed by atoms with Crippen molar-refractivity contribution >= 4 is 35.4 Å². The molecule has 0 saturated heterocycles. The highest BCUT2D eigenvalue weighted by Gasteiger charge is 2.18. The number of benzene rings is 1. The van der Waals surface area contributed by atoms with Crippen LogP contribution in [-0.4, -0.2) is 64.3 Å². The average molecular weight is 528 g/mol. The van der Waals surface area contributed by atoms with Crippen molar-refractivity contribution in [3.63, 3.8) is 0 Å². The summed E-state index contributed by atoms with van der Waals surface area (Å²) in [5.41, 5.74) is 7.87. The number of hydrogen-bond acceptors (Lipinski definition) is 8. The normalized spacial score (nSPS) is 11.4. The largest absolute Gasteiger partial charge is 0.481 e. The molecular weight excluding hydrogens is 493 g/mol. The third-order valence-corrected chi connectivity index (χ3v) is 4.54. The maximum atomic E-state index is 12.1. The summed E-state index contributed by atoms with van der Waals surface area (Å²) in [6, 6.07) is 6.09. The predicted molar refractivity (Wildman–Crippen MR) is 132 cm³/mol. The first-order valence-electron chi connectivity index (χ1n) is 11.2. The Kier molecular flexibility index (Phi) is 16.1. The number of anilines is 1. The molecule has 0 fully saturated rings. The van der Waals surface area contributed by atoms with E-state index in [1.165, 1.54) is 11.9 Å². The lowest BCUT2D eigenvalue weighted by molar-refractivity contribution is -0.142. The molecular formula is C23H34FN5O8. The van der Waals surface area contributed by atoms with Crippen LogP contribution < -0.4 is 27.2 Å². The Morgan fingerprint density at radius 3 is 2.14 bits per heavy atom. The van der Waals surface area contributed by atoms with Gasteiger partial charge in [-0.15, -0.1) is 0 Å². The van der Waals surface area contributed by atoms with Crippen molar-refractivity contribution in [2.45, 2.75) is 51.5 Å². The molecule has 1 atom stereocenters. The second-order valence-electron chi connectivity index (χ2n) is 7.76. The van der Waals surface area contributed by atoms with Gasteiger partial charge in [0.2, 0.25) is 11.8 Å². The highest BCUT2D eigenvalue weighted by molar-refractivity contribution is 5.82. The van der Waals surface area contributed by atoms with E-state index in [4.69, 9.17) is 26.9 Å². The summed E-state index contributed by atoms with van der Waals surface area (Å²) in [5, 5.41) is 31.1. The van der Waals surface area contributed by atoms with Crippen molar-refractivity contribution in [2.75, 3.05) is 18.2 Å². The van der Waals surface area contributed by atoms with E-state index in [2.05, 4.69) is 10.6 Å². The van der Waals surface area contributed by atoms with Gasteiger partial charge >= 0.3 is 17.9 Å². The van der Waals surface area contributed by atoms with E-state index in [-0.39, 0.29) is 31.7 Å². The first kappa shape index (κ1) is 32.8. The number of hydrogen-bond donors (Lipinski definition) is 7. The Hall–Kier alpha value is -4.20. The zero-order chi connectivity index (χ0) is 28.4. The number of carboxylic acids is 3. The van der Waals surface area contributed by atoms with Crippen LogP contribution >= 0.6 is 0 Å². The number of alkyl halides is 1. The summed E-state index contributed by atoms with van der Waals surface area (Å²) >= 11 is 0. The summed E-state index contributed by atoms with van der Waals surface area (Å²) in [6.07, 6.45) is 2.65. The van der Waals surface area contributed by atoms with E-state index in [0.29, 0.717) is 30.6 Å². The minimum Gasteiger partial charge on any atom is -0.481 e. The van der Waals surface area contributed by atoms with Crippen molar-refractivity contribution in [3.8, 4) is 0 Å². The summed E-state index contributed by atoms with van der Waals surface area (Å²) in [7, 11) is 0. The number of hydrazine groups is 1. The van der Waals surface area contributed by atoms with Crippen molar-refractivity contribution in [2.24, 2.45) is 11.6 Å². The fourth-order valence-electron chi connectivity index (χ4n) is 2.71. The molecule has 0 aliphatic heterocycles. The number of carboxylic acid groups (broad SMARTS) is 3. The smallest absolute Gasteiger partial charge is 0.326 e. The van der Waals surface area contributed by atoms with Gasteiger partial charge in [0.25, 0.3) is 0 Å². The zero-order valence-corrected chi connectivity index (χ0v) is 20.5. The molecule has 9 N–H and O–H groups in total. The van der Waals surface area contributed by atoms with Crippen LogP contribution in [0, 0.1) is 0 Å². The first-order valence-corrected chi connectivity index (χ1v) is 11.2. The van der Waals surface area contributed by atoms with E-state index >= 15 is 0 Å². The quantitative estimate of drug-likeness (QED) is 0.123. The minimum absolute atomic E-state index is 0.107. The number of halogens is 1. The standard InChI is InChI=1S/C16H23FN4O3.C7H11NO5/c17-9-1-2-13(18)11-21(19)14-6-3-12(4-7-14)5-8-15(22)20-10-16(23)24;1-4(9)8-5(7(12)13)2-3-6(10)11/h3-4,6-7,11H,1-2,5,8-10,18-19H2,(H,20,22)(H,23,24);5H,2-3H2,1H3,(H,8,9)(H,10,11)(H,12,13)/b13-11-;. The van der Waals surface area contributed by atoms with Gasteiger partial charge in [-0.05, 0) is 43.4 Å². The van der Waals surface area contributed by atoms with Gasteiger partial charge in [-0.2, -0.15) is 0 Å². The monoisotopic (exact) mass is 527 g/mol. The number of aliphatic carboxylic acids is 3. The Balaban J connectivity index is 0.000000845. The number of nitrogens with zero attached hydrogens (tertiary/aromatic N) is 1. The number of allylic oxidation sites excluding steroid dienone is 1. The molecule has 14 heteroatoms. The van der Waals surface area contributed by atoms with Gasteiger partial charge in [0.1, 0.15) is 12.6 Å². The Morgan fingerprint density at radius 2 is 1.65 bits per heavy atom. The number of carbonyl (C=O) groups is 5. The van der Waals surface area contributed by atoms with Gasteiger partial charge in [-0.25, -0.2) is 10.6 Å². The molecule has 0 aliphatic rings. The fraction of sp³-hybridized carbons (Fsp3) is 0.435. The molecule has 13 nitrogen and oxygen atoms in total. The summed E-state index contributed by atoms with van der Waals surface area (Å²) < 4.78 is 12.1. The van der Waals surface area contributed by atoms with Crippen molar-refractivity contribution < 1.29 is 43.7 Å². The molecule has 0 heterocycles. The highest BCUT2D eigenvalue weighted by Crippen LogP contribution is 2.15. The SMILES string of the molecule is CC(=O)NC(CCC(=O)O)C(=O)O.N/C(=C\N(N)c1ccc(CCC(=O)NCC(=O)O)cc1)CCCF. The van der Waals surface area contributed by atoms with Gasteiger partial charge in [-0.1, -0.05) is 12.1 Å². The van der Waals surface area contributed by atoms with E-state index in [1.807, 2.05) is 12.1 Å². The zero-order valence-electron chi connectivity index (χ0n) is 20.5. The maximum Gasteiger partial charge on any atom is 0.326 e.